The molecule has 0 aliphatic heterocycles. The van der Waals surface area contributed by atoms with Gasteiger partial charge in [0.1, 0.15) is 0 Å². The lowest BCUT2D eigenvalue weighted by Crippen LogP contribution is -2.18. The minimum Gasteiger partial charge on any atom is -0.332 e. The van der Waals surface area contributed by atoms with Gasteiger partial charge in [-0.1, -0.05) is 18.2 Å². The van der Waals surface area contributed by atoms with Crippen LogP contribution in [-0.2, 0) is 4.79 Å². The minimum atomic E-state index is -0.0540. The summed E-state index contributed by atoms with van der Waals surface area (Å²) in [7, 11) is 0. The van der Waals surface area contributed by atoms with Gasteiger partial charge in [-0.15, -0.1) is 11.8 Å². The van der Waals surface area contributed by atoms with E-state index in [1.807, 2.05) is 54.6 Å². The third kappa shape index (κ3) is 6.40. The zero-order valence-corrected chi connectivity index (χ0v) is 16.0. The fraction of sp³-hybridized carbons (Fsp3) is 0.0500. The Bertz CT molecular complexity index is 887. The number of rotatable bonds is 6. The second kappa shape index (κ2) is 9.70. The zero-order chi connectivity index (χ0) is 18.9. The molecule has 136 valence electrons. The lowest BCUT2D eigenvalue weighted by atomic mass is 10.3. The highest BCUT2D eigenvalue weighted by Gasteiger charge is 2.04. The Morgan fingerprint density at radius 3 is 2.07 bits per heavy atom. The number of carbonyl (C=O) groups is 1. The van der Waals surface area contributed by atoms with Crippen LogP contribution >= 0.6 is 24.0 Å². The van der Waals surface area contributed by atoms with E-state index < -0.39 is 0 Å². The molecule has 1 aromatic heterocycles. The first-order valence-corrected chi connectivity index (χ1v) is 9.64. The van der Waals surface area contributed by atoms with Crippen molar-refractivity contribution in [3.8, 4) is 0 Å². The number of thiocarbonyl (C=S) groups is 1. The summed E-state index contributed by atoms with van der Waals surface area (Å²) in [4.78, 5) is 16.9. The zero-order valence-electron chi connectivity index (χ0n) is 14.4. The van der Waals surface area contributed by atoms with Crippen molar-refractivity contribution in [1.82, 2.24) is 4.98 Å². The molecule has 0 unspecified atom stereocenters. The van der Waals surface area contributed by atoms with E-state index in [0.29, 0.717) is 10.9 Å². The van der Waals surface area contributed by atoms with Gasteiger partial charge in [-0.25, -0.2) is 0 Å². The molecule has 1 heterocycles. The number of hydrogen-bond acceptors (Lipinski definition) is 4. The van der Waals surface area contributed by atoms with E-state index in [1.54, 1.807) is 24.5 Å². The molecule has 0 saturated heterocycles. The molecule has 27 heavy (non-hydrogen) atoms. The lowest BCUT2D eigenvalue weighted by Gasteiger charge is -2.11. The van der Waals surface area contributed by atoms with E-state index in [-0.39, 0.29) is 5.91 Å². The number of hydrogen-bond donors (Lipinski definition) is 3. The van der Waals surface area contributed by atoms with Crippen molar-refractivity contribution in [2.24, 2.45) is 0 Å². The largest absolute Gasteiger partial charge is 0.332 e. The molecule has 0 atom stereocenters. The van der Waals surface area contributed by atoms with Gasteiger partial charge in [-0.2, -0.15) is 0 Å². The smallest absolute Gasteiger partial charge is 0.234 e. The van der Waals surface area contributed by atoms with Crippen molar-refractivity contribution >= 4 is 52.1 Å². The summed E-state index contributed by atoms with van der Waals surface area (Å²) in [6, 6.07) is 21.0. The molecule has 0 bridgehead atoms. The molecule has 1 amide bonds. The summed E-state index contributed by atoms with van der Waals surface area (Å²) in [5.41, 5.74) is 2.56. The maximum Gasteiger partial charge on any atom is 0.234 e. The number of benzene rings is 2. The van der Waals surface area contributed by atoms with Gasteiger partial charge < -0.3 is 16.0 Å². The highest BCUT2D eigenvalue weighted by atomic mass is 32.2. The van der Waals surface area contributed by atoms with Crippen molar-refractivity contribution in [1.29, 1.82) is 0 Å². The maximum atomic E-state index is 12.0. The summed E-state index contributed by atoms with van der Waals surface area (Å²) >= 11 is 6.79. The molecule has 3 N–H and O–H groups in total. The van der Waals surface area contributed by atoms with E-state index >= 15 is 0 Å². The molecule has 0 radical (unpaired) electrons. The quantitative estimate of drug-likeness (QED) is 0.419. The van der Waals surface area contributed by atoms with E-state index in [1.165, 1.54) is 11.8 Å². The molecule has 7 heteroatoms. The molecule has 0 aliphatic rings. The number of para-hydroxylation sites is 1. The van der Waals surface area contributed by atoms with Gasteiger partial charge in [-0.05, 0) is 60.7 Å². The van der Waals surface area contributed by atoms with Crippen LogP contribution in [0.1, 0.15) is 0 Å². The normalized spacial score (nSPS) is 10.1. The van der Waals surface area contributed by atoms with Crippen LogP contribution in [0.5, 0.6) is 0 Å². The molecule has 0 aliphatic carbocycles. The van der Waals surface area contributed by atoms with Gasteiger partial charge >= 0.3 is 0 Å². The maximum absolute atomic E-state index is 12.0. The van der Waals surface area contributed by atoms with E-state index in [4.69, 9.17) is 12.2 Å². The predicted octanol–water partition coefficient (Wildman–Crippen LogP) is 4.62. The van der Waals surface area contributed by atoms with Crippen LogP contribution in [-0.4, -0.2) is 21.8 Å². The van der Waals surface area contributed by atoms with E-state index in [2.05, 4.69) is 20.9 Å². The average molecular weight is 395 g/mol. The summed E-state index contributed by atoms with van der Waals surface area (Å²) in [5, 5.41) is 9.63. The van der Waals surface area contributed by atoms with Crippen molar-refractivity contribution < 1.29 is 4.79 Å². The van der Waals surface area contributed by atoms with Gasteiger partial charge in [-0.3, -0.25) is 9.78 Å². The molecular weight excluding hydrogens is 376 g/mol. The lowest BCUT2D eigenvalue weighted by molar-refractivity contribution is -0.113. The van der Waals surface area contributed by atoms with Crippen molar-refractivity contribution in [3.05, 3.63) is 79.1 Å². The summed E-state index contributed by atoms with van der Waals surface area (Å²) in [6.07, 6.45) is 3.29. The third-order valence-electron chi connectivity index (χ3n) is 3.48. The third-order valence-corrected chi connectivity index (χ3v) is 4.69. The Balaban J connectivity index is 1.45. The number of carbonyl (C=O) groups excluding carboxylic acids is 1. The van der Waals surface area contributed by atoms with Crippen molar-refractivity contribution in [2.75, 3.05) is 21.7 Å². The van der Waals surface area contributed by atoms with Crippen LogP contribution in [0.2, 0.25) is 0 Å². The highest BCUT2D eigenvalue weighted by Crippen LogP contribution is 2.21. The average Bonchev–Trinajstić information content (AvgIpc) is 2.69. The van der Waals surface area contributed by atoms with Crippen LogP contribution in [0, 0.1) is 0 Å². The van der Waals surface area contributed by atoms with Crippen molar-refractivity contribution in [2.45, 2.75) is 4.90 Å². The molecule has 0 spiro atoms. The highest BCUT2D eigenvalue weighted by molar-refractivity contribution is 8.00. The molecule has 0 fully saturated rings. The van der Waals surface area contributed by atoms with Crippen LogP contribution in [0.3, 0.4) is 0 Å². The molecule has 3 aromatic rings. The fourth-order valence-electron chi connectivity index (χ4n) is 2.23. The van der Waals surface area contributed by atoms with Gasteiger partial charge in [0.15, 0.2) is 5.11 Å². The number of thioether (sulfide) groups is 1. The molecular formula is C20H18N4OS2. The Morgan fingerprint density at radius 1 is 0.815 bits per heavy atom. The Hall–Kier alpha value is -2.90. The second-order valence-corrected chi connectivity index (χ2v) is 7.00. The number of anilines is 3. The minimum absolute atomic E-state index is 0.0540. The number of nitrogens with zero attached hydrogens (tertiary/aromatic N) is 1. The predicted molar refractivity (Wildman–Crippen MR) is 116 cm³/mol. The van der Waals surface area contributed by atoms with Crippen LogP contribution in [0.25, 0.3) is 0 Å². The van der Waals surface area contributed by atoms with Gasteiger partial charge in [0, 0.05) is 34.4 Å². The summed E-state index contributed by atoms with van der Waals surface area (Å²) < 4.78 is 0. The first-order valence-electron chi connectivity index (χ1n) is 8.25. The second-order valence-electron chi connectivity index (χ2n) is 5.54. The number of amides is 1. The van der Waals surface area contributed by atoms with E-state index in [0.717, 1.165) is 22.0 Å². The number of aromatic nitrogens is 1. The first-order chi connectivity index (χ1) is 13.2. The van der Waals surface area contributed by atoms with Gasteiger partial charge in [0.25, 0.3) is 0 Å². The molecule has 0 saturated carbocycles. The van der Waals surface area contributed by atoms with Crippen LogP contribution in [0.15, 0.2) is 84.0 Å². The van der Waals surface area contributed by atoms with Crippen molar-refractivity contribution in [3.63, 3.8) is 0 Å². The Labute approximate surface area is 167 Å². The first kappa shape index (κ1) is 18.9. The summed E-state index contributed by atoms with van der Waals surface area (Å²) in [6.45, 7) is 0. The standard InChI is InChI=1S/C20H18N4OS2/c25-19(22-17-10-12-21-13-11-17)14-27-18-8-6-16(7-9-18)24-20(26)23-15-4-2-1-3-5-15/h1-13H,14H2,(H,21,22,25)(H2,23,24,26). The Kier molecular flexibility index (Phi) is 6.78. The van der Waals surface area contributed by atoms with Gasteiger partial charge in [0.2, 0.25) is 5.91 Å². The Morgan fingerprint density at radius 2 is 1.41 bits per heavy atom. The molecule has 2 aromatic carbocycles. The summed E-state index contributed by atoms with van der Waals surface area (Å²) in [5.74, 6) is 0.282. The SMILES string of the molecule is O=C(CSc1ccc(NC(=S)Nc2ccccc2)cc1)Nc1ccncc1. The monoisotopic (exact) mass is 394 g/mol. The van der Waals surface area contributed by atoms with Gasteiger partial charge in [0.05, 0.1) is 5.75 Å². The number of nitrogens with one attached hydrogen (secondary N) is 3. The fourth-order valence-corrected chi connectivity index (χ4v) is 3.16. The molecule has 3 rings (SSSR count). The topological polar surface area (TPSA) is 66.1 Å². The van der Waals surface area contributed by atoms with Crippen LogP contribution in [0.4, 0.5) is 17.1 Å². The van der Waals surface area contributed by atoms with Crippen LogP contribution < -0.4 is 16.0 Å². The van der Waals surface area contributed by atoms with E-state index in [9.17, 15) is 4.79 Å². The molecule has 5 nitrogen and oxygen atoms in total. The number of pyridine rings is 1.